The van der Waals surface area contributed by atoms with Gasteiger partial charge >= 0.3 is 18.1 Å². The number of carbonyl (C=O) groups is 3. The minimum Gasteiger partial charge on any atom is -0.465 e. The summed E-state index contributed by atoms with van der Waals surface area (Å²) in [4.78, 5) is 41.1. The van der Waals surface area contributed by atoms with Gasteiger partial charge in [0.25, 0.3) is 0 Å². The topological polar surface area (TPSA) is 98.9 Å². The van der Waals surface area contributed by atoms with Crippen LogP contribution in [0.3, 0.4) is 0 Å². The molecule has 1 aliphatic heterocycles. The maximum Gasteiger partial charge on any atom is 0.416 e. The van der Waals surface area contributed by atoms with Crippen molar-refractivity contribution in [1.29, 1.82) is 0 Å². The standard InChI is InChI=1S/C28H26F4N2O5/c1-3-38-26(36)19-12-13-20-22(24(19)35)21(15-8-10-17(29)11-9-15)23(27(37)39-4-2)25(33)34(20)18-7-5-6-16(14-18)28(30,31)32/h5-11,14,19,21H,3-4,12-13,33H2,1-2H3/t19-,21-/m0/s1. The van der Waals surface area contributed by atoms with E-state index in [9.17, 15) is 31.9 Å². The van der Waals surface area contributed by atoms with E-state index in [-0.39, 0.29) is 54.4 Å². The molecule has 0 unspecified atom stereocenters. The first-order chi connectivity index (χ1) is 18.5. The van der Waals surface area contributed by atoms with Crippen molar-refractivity contribution in [2.75, 3.05) is 18.1 Å². The summed E-state index contributed by atoms with van der Waals surface area (Å²) < 4.78 is 64.9. The number of nitrogens with zero attached hydrogens (tertiary/aromatic N) is 1. The lowest BCUT2D eigenvalue weighted by Crippen LogP contribution is -2.44. The third-order valence-electron chi connectivity index (χ3n) is 6.63. The molecule has 0 radical (unpaired) electrons. The highest BCUT2D eigenvalue weighted by molar-refractivity contribution is 6.13. The fraction of sp³-hybridized carbons (Fsp3) is 0.321. The van der Waals surface area contributed by atoms with E-state index in [1.165, 1.54) is 29.2 Å². The number of ether oxygens (including phenoxy) is 2. The van der Waals surface area contributed by atoms with E-state index in [0.717, 1.165) is 24.3 Å². The Morgan fingerprint density at radius 3 is 2.33 bits per heavy atom. The van der Waals surface area contributed by atoms with Gasteiger partial charge in [0, 0.05) is 17.0 Å². The highest BCUT2D eigenvalue weighted by Crippen LogP contribution is 2.48. The van der Waals surface area contributed by atoms with Crippen molar-refractivity contribution in [3.63, 3.8) is 0 Å². The number of Topliss-reactive ketones (excluding diaryl/α,β-unsaturated/α-hetero) is 1. The number of esters is 2. The van der Waals surface area contributed by atoms with Gasteiger partial charge in [-0.3, -0.25) is 14.5 Å². The first-order valence-electron chi connectivity index (χ1n) is 12.3. The number of hydrogen-bond acceptors (Lipinski definition) is 7. The van der Waals surface area contributed by atoms with E-state index in [1.807, 2.05) is 0 Å². The van der Waals surface area contributed by atoms with E-state index in [1.54, 1.807) is 13.8 Å². The third-order valence-corrected chi connectivity index (χ3v) is 6.63. The van der Waals surface area contributed by atoms with Gasteiger partial charge in [-0.05, 0) is 62.6 Å². The second kappa shape index (κ2) is 10.9. The molecule has 0 amide bonds. The summed E-state index contributed by atoms with van der Waals surface area (Å²) in [6.07, 6.45) is -4.58. The van der Waals surface area contributed by atoms with Crippen LogP contribution in [-0.4, -0.2) is 30.9 Å². The van der Waals surface area contributed by atoms with Crippen LogP contribution >= 0.6 is 0 Å². The number of hydrogen-bond donors (Lipinski definition) is 1. The summed E-state index contributed by atoms with van der Waals surface area (Å²) in [7, 11) is 0. The minimum atomic E-state index is -4.67. The number of carbonyl (C=O) groups excluding carboxylic acids is 3. The number of nitrogens with two attached hydrogens (primary N) is 1. The molecular weight excluding hydrogens is 520 g/mol. The summed E-state index contributed by atoms with van der Waals surface area (Å²) in [5, 5.41) is 0. The van der Waals surface area contributed by atoms with Gasteiger partial charge in [-0.25, -0.2) is 9.18 Å². The van der Waals surface area contributed by atoms with Gasteiger partial charge in [-0.2, -0.15) is 13.2 Å². The van der Waals surface area contributed by atoms with Crippen molar-refractivity contribution in [2.24, 2.45) is 11.7 Å². The van der Waals surface area contributed by atoms with E-state index >= 15 is 0 Å². The minimum absolute atomic E-state index is 0.0134. The Hall–Kier alpha value is -4.15. The van der Waals surface area contributed by atoms with Crippen LogP contribution in [0.5, 0.6) is 0 Å². The quantitative estimate of drug-likeness (QED) is 0.310. The lowest BCUT2D eigenvalue weighted by atomic mass is 9.72. The molecule has 2 aliphatic rings. The molecule has 7 nitrogen and oxygen atoms in total. The molecule has 2 N–H and O–H groups in total. The maximum atomic E-state index is 13.9. The normalized spacial score (nSPS) is 19.6. The number of benzene rings is 2. The largest absolute Gasteiger partial charge is 0.465 e. The Kier molecular flexibility index (Phi) is 7.80. The smallest absolute Gasteiger partial charge is 0.416 e. The second-order valence-electron chi connectivity index (χ2n) is 8.96. The second-order valence-corrected chi connectivity index (χ2v) is 8.96. The van der Waals surface area contributed by atoms with Crippen LogP contribution in [-0.2, 0) is 30.0 Å². The third kappa shape index (κ3) is 5.25. The van der Waals surface area contributed by atoms with Gasteiger partial charge in [-0.15, -0.1) is 0 Å². The molecule has 1 aliphatic carbocycles. The first-order valence-corrected chi connectivity index (χ1v) is 12.3. The van der Waals surface area contributed by atoms with Crippen LogP contribution in [0.25, 0.3) is 0 Å². The molecule has 4 rings (SSSR count). The first kappa shape index (κ1) is 27.9. The molecule has 0 saturated carbocycles. The zero-order chi connectivity index (χ0) is 28.5. The van der Waals surface area contributed by atoms with Crippen molar-refractivity contribution >= 4 is 23.4 Å². The molecular formula is C28H26F4N2O5. The fourth-order valence-electron chi connectivity index (χ4n) is 4.98. The highest BCUT2D eigenvalue weighted by atomic mass is 19.4. The zero-order valence-electron chi connectivity index (χ0n) is 21.2. The summed E-state index contributed by atoms with van der Waals surface area (Å²) >= 11 is 0. The molecule has 206 valence electrons. The SMILES string of the molecule is CCOC(=O)C1=C(N)N(c2cccc(C(F)(F)F)c2)C2=C(C(=O)[C@@H](C(=O)OCC)CC2)[C@@H]1c1ccc(F)cc1. The Morgan fingerprint density at radius 1 is 1.05 bits per heavy atom. The van der Waals surface area contributed by atoms with E-state index in [4.69, 9.17) is 15.2 Å². The molecule has 2 atom stereocenters. The van der Waals surface area contributed by atoms with Crippen molar-refractivity contribution in [2.45, 2.75) is 38.8 Å². The molecule has 1 heterocycles. The van der Waals surface area contributed by atoms with E-state index < -0.39 is 47.1 Å². The van der Waals surface area contributed by atoms with Gasteiger partial charge < -0.3 is 15.2 Å². The molecule has 39 heavy (non-hydrogen) atoms. The van der Waals surface area contributed by atoms with Gasteiger partial charge in [0.1, 0.15) is 17.6 Å². The highest BCUT2D eigenvalue weighted by Gasteiger charge is 2.47. The van der Waals surface area contributed by atoms with Gasteiger partial charge in [0.15, 0.2) is 5.78 Å². The Labute approximate surface area is 221 Å². The van der Waals surface area contributed by atoms with Crippen LogP contribution in [0.4, 0.5) is 23.2 Å². The number of ketones is 1. The van der Waals surface area contributed by atoms with Gasteiger partial charge in [-0.1, -0.05) is 18.2 Å². The molecule has 0 aromatic heterocycles. The lowest BCUT2D eigenvalue weighted by Gasteiger charge is -2.41. The van der Waals surface area contributed by atoms with Crippen molar-refractivity contribution in [3.8, 4) is 0 Å². The zero-order valence-corrected chi connectivity index (χ0v) is 21.2. The molecule has 2 aromatic rings. The van der Waals surface area contributed by atoms with Crippen LogP contribution in [0.2, 0.25) is 0 Å². The lowest BCUT2D eigenvalue weighted by molar-refractivity contribution is -0.151. The average molecular weight is 547 g/mol. The fourth-order valence-corrected chi connectivity index (χ4v) is 4.98. The molecule has 2 aromatic carbocycles. The number of alkyl halides is 3. The maximum absolute atomic E-state index is 13.9. The number of allylic oxidation sites excluding steroid dienone is 2. The van der Waals surface area contributed by atoms with Crippen LogP contribution in [0.15, 0.2) is 71.2 Å². The van der Waals surface area contributed by atoms with Gasteiger partial charge in [0.2, 0.25) is 0 Å². The molecule has 11 heteroatoms. The Balaban J connectivity index is 2.00. The van der Waals surface area contributed by atoms with E-state index in [0.29, 0.717) is 5.56 Å². The van der Waals surface area contributed by atoms with Crippen LogP contribution < -0.4 is 10.6 Å². The van der Waals surface area contributed by atoms with Gasteiger partial charge in [0.05, 0.1) is 30.3 Å². The predicted molar refractivity (Wildman–Crippen MR) is 132 cm³/mol. The Bertz CT molecular complexity index is 1360. The van der Waals surface area contributed by atoms with E-state index in [2.05, 4.69) is 0 Å². The Morgan fingerprint density at radius 2 is 1.72 bits per heavy atom. The number of halogens is 4. The molecule has 0 fully saturated rings. The predicted octanol–water partition coefficient (Wildman–Crippen LogP) is 4.98. The number of anilines is 1. The summed E-state index contributed by atoms with van der Waals surface area (Å²) in [5.74, 6) is -5.47. The summed E-state index contributed by atoms with van der Waals surface area (Å²) in [6, 6.07) is 9.34. The van der Waals surface area contributed by atoms with Crippen molar-refractivity contribution in [3.05, 3.63) is 88.1 Å². The van der Waals surface area contributed by atoms with Crippen LogP contribution in [0.1, 0.15) is 43.7 Å². The van der Waals surface area contributed by atoms with Crippen molar-refractivity contribution in [1.82, 2.24) is 0 Å². The van der Waals surface area contributed by atoms with Crippen molar-refractivity contribution < 1.29 is 41.4 Å². The van der Waals surface area contributed by atoms with Crippen LogP contribution in [0, 0.1) is 11.7 Å². The molecule has 0 saturated heterocycles. The average Bonchev–Trinajstić information content (AvgIpc) is 2.88. The molecule has 0 bridgehead atoms. The summed E-state index contributed by atoms with van der Waals surface area (Å²) in [6.45, 7) is 3.13. The number of rotatable bonds is 6. The monoisotopic (exact) mass is 546 g/mol. The molecule has 0 spiro atoms. The summed E-state index contributed by atoms with van der Waals surface area (Å²) in [5.41, 5.74) is 5.85.